The highest BCUT2D eigenvalue weighted by molar-refractivity contribution is 7.58. The summed E-state index contributed by atoms with van der Waals surface area (Å²) in [6.07, 6.45) is 19.5. The van der Waals surface area contributed by atoms with Gasteiger partial charge in [0, 0.05) is 136 Å². The van der Waals surface area contributed by atoms with Crippen molar-refractivity contribution in [1.82, 2.24) is 89.8 Å². The van der Waals surface area contributed by atoms with Crippen LogP contribution in [0.5, 0.6) is 0 Å². The normalized spacial score (nSPS) is 12.5. The molecule has 0 N–H and O–H groups in total. The van der Waals surface area contributed by atoms with Crippen molar-refractivity contribution in [3.63, 3.8) is 0 Å². The summed E-state index contributed by atoms with van der Waals surface area (Å²) < 4.78 is 45.1. The summed E-state index contributed by atoms with van der Waals surface area (Å²) in [5.41, 5.74) is 36.2. The molecular formula is C114H143N21S8. The predicted octanol–water partition coefficient (Wildman–Crippen LogP) is 35.2. The highest BCUT2D eigenvalue weighted by Gasteiger charge is 2.32. The Labute approximate surface area is 878 Å². The molecule has 6 aromatic carbocycles. The van der Waals surface area contributed by atoms with Crippen LogP contribution in [0, 0.1) is 0 Å². The number of pyridine rings is 1. The molecule has 0 fully saturated rings. The van der Waals surface area contributed by atoms with Gasteiger partial charge < -0.3 is 0 Å². The van der Waals surface area contributed by atoms with Crippen LogP contribution in [-0.2, 0) is 38.4 Å². The third-order valence-electron chi connectivity index (χ3n) is 25.0. The van der Waals surface area contributed by atoms with E-state index >= 15 is 0 Å². The zero-order valence-electron chi connectivity index (χ0n) is 90.6. The first-order valence-electron chi connectivity index (χ1n) is 50.0. The summed E-state index contributed by atoms with van der Waals surface area (Å²) >= 11 is 12.1. The Hall–Kier alpha value is -10.4. The van der Waals surface area contributed by atoms with E-state index in [1.807, 2.05) is 46.3 Å². The Kier molecular flexibility index (Phi) is 34.8. The van der Waals surface area contributed by atoms with Crippen molar-refractivity contribution in [3.8, 4) is 11.1 Å². The molecule has 143 heavy (non-hydrogen) atoms. The first-order valence-corrected chi connectivity index (χ1v) is 56.1. The van der Waals surface area contributed by atoms with Gasteiger partial charge in [0.25, 0.3) is 0 Å². The Morgan fingerprint density at radius 2 is 0.469 bits per heavy atom. The third-order valence-corrected chi connectivity index (χ3v) is 33.0. The van der Waals surface area contributed by atoms with Gasteiger partial charge in [0.1, 0.15) is 66.5 Å². The molecule has 19 aromatic rings. The molecule has 0 saturated carbocycles. The number of nitrogens with zero attached hydrogens (tertiary/aromatic N) is 21. The van der Waals surface area contributed by atoms with Crippen molar-refractivity contribution >= 4 is 214 Å². The maximum Gasteiger partial charge on any atom is 0.119 e. The van der Waals surface area contributed by atoms with E-state index in [1.165, 1.54) is 132 Å². The van der Waals surface area contributed by atoms with Crippen LogP contribution in [0.1, 0.15) is 406 Å². The average Bonchev–Trinajstić information content (AvgIpc) is 1.32. The Balaban J connectivity index is 0.000000138. The number of benzene rings is 6. The number of rotatable bonds is 12. The minimum absolute atomic E-state index is 0.0279. The van der Waals surface area contributed by atoms with Gasteiger partial charge in [-0.05, 0) is 132 Å². The van der Waals surface area contributed by atoms with Crippen molar-refractivity contribution in [2.75, 3.05) is 0 Å². The lowest BCUT2D eigenvalue weighted by Gasteiger charge is -2.24. The van der Waals surface area contributed by atoms with Crippen LogP contribution in [0.15, 0.2) is 138 Å². The highest BCUT2D eigenvalue weighted by atomic mass is 32.1. The topological polar surface area (TPSA) is 270 Å². The van der Waals surface area contributed by atoms with E-state index in [1.54, 1.807) is 62.0 Å². The fourth-order valence-electron chi connectivity index (χ4n) is 18.0. The summed E-state index contributed by atoms with van der Waals surface area (Å²) in [6, 6.07) is 21.7. The quantitative estimate of drug-likeness (QED) is 0.103. The van der Waals surface area contributed by atoms with Gasteiger partial charge in [0.2, 0.25) is 0 Å². The van der Waals surface area contributed by atoms with E-state index in [-0.39, 0.29) is 27.1 Å². The molecular weight excluding hydrogens is 1920 g/mol. The molecule has 29 heteroatoms. The molecule has 0 bridgehead atoms. The zero-order chi connectivity index (χ0) is 104. The second-order valence-electron chi connectivity index (χ2n) is 45.3. The highest BCUT2D eigenvalue weighted by Crippen LogP contribution is 2.52. The molecule has 0 spiro atoms. The van der Waals surface area contributed by atoms with Crippen LogP contribution in [-0.4, -0.2) is 89.8 Å². The molecule has 1 aliphatic heterocycles. The van der Waals surface area contributed by atoms with Crippen LogP contribution < -0.4 is 0 Å². The van der Waals surface area contributed by atoms with E-state index in [2.05, 4.69) is 409 Å². The largest absolute Gasteiger partial charge is 0.255 e. The molecule has 0 saturated heterocycles. The fraction of sp³-hybridized carbons (Fsp3) is 0.465. The molecule has 0 unspecified atom stereocenters. The summed E-state index contributed by atoms with van der Waals surface area (Å²) in [4.78, 5) is 58.4. The lowest BCUT2D eigenvalue weighted by molar-refractivity contribution is 0.594. The minimum Gasteiger partial charge on any atom is -0.255 e. The monoisotopic (exact) mass is 2060 g/mol. The van der Waals surface area contributed by atoms with Gasteiger partial charge >= 0.3 is 0 Å². The first kappa shape index (κ1) is 110. The van der Waals surface area contributed by atoms with Gasteiger partial charge in [-0.3, -0.25) is 54.8 Å². The van der Waals surface area contributed by atoms with Crippen LogP contribution in [0.2, 0.25) is 0 Å². The minimum atomic E-state index is -0.0714. The molecule has 20 rings (SSSR count). The van der Waals surface area contributed by atoms with Gasteiger partial charge in [-0.1, -0.05) is 311 Å². The van der Waals surface area contributed by atoms with E-state index < -0.39 is 0 Å². The molecule has 0 aliphatic carbocycles. The van der Waals surface area contributed by atoms with E-state index in [9.17, 15) is 0 Å². The van der Waals surface area contributed by atoms with Crippen molar-refractivity contribution in [1.29, 1.82) is 0 Å². The van der Waals surface area contributed by atoms with Gasteiger partial charge in [-0.2, -0.15) is 43.7 Å². The molecule has 0 atom stereocenters. The van der Waals surface area contributed by atoms with Crippen LogP contribution >= 0.6 is 80.9 Å². The molecule has 0 amide bonds. The number of fused-ring (bicyclic) bond motifs is 11. The second-order valence-corrected chi connectivity index (χ2v) is 51.2. The van der Waals surface area contributed by atoms with Crippen LogP contribution in [0.3, 0.4) is 0 Å². The standard InChI is InChI=1S/C20H22N4S2.C17H20N4.C15H20N2.C14H16N4S.C13H18N2S.C13H17NS.C12H16N2S.C10H14N2S2/c1-19(2,3)13-9-7-11(15-17(13)23-25-21-15)12-8-10-14(20(4,5)6)18-16(12)22-26-24-18;1-10(2)11-13-15(20-8-6-18-13)12(17(3,4)5)16-14(11)19-7-9-21-16;1-10(2)11-6-7-12(15(3,4)5)14-13(11)16-8-9-17-14;1-7(2)9-11-12(16-6-5-15-11)10(8(3)4)14-13(9)17-19-18-14;1-8(2)9-6-7-10(13(3,4)5)12-11(9)14-16-15-12;1-8(2)12-10-6-5-7-14-11(10)13(15-12)9(3)4;1-7(2)11-9-10(14-6-5-13-9)12(15-11)8(3)4;1-5(2)9-7-8(12-14-11-7)10(13-9)6(3)4/h7-10H,1-6H3;6-10H,1-5H3;6-10H,1-5H3;5-8H,1-4H3;6-8H,1-5H3;5-9H,1-4H3;5-8H,1-4H3;5-6H,1-4H3. The van der Waals surface area contributed by atoms with Crippen molar-refractivity contribution < 1.29 is 0 Å². The SMILES string of the molecule is CC(C)(C)c1ccc(-c2ccc(C(C)(C)C)c3nsnc23)c2nsnc12.CC(C)c1c2nccnc2c(C(C)(C)C)c2nccnc12.CC(C)c1c2nccnc2c(C(C)C)c2nsnc12.CC(C)c1ccc(C(C)(C)C)c2nccnc12.CC(C)c1ccc(C(C)(C)C)c2nsnc12.CC(C)c1sc(C(C)C)c2c1N=S=N2.CC(C)c1sc(C(C)C)c2ncccc12.CC(C)c1sc(C(C)C)c2nccnc12. The Bertz CT molecular complexity index is 7350. The number of aromatic nitrogens is 19. The number of hydrogen-bond acceptors (Lipinski definition) is 28. The molecule has 21 nitrogen and oxygen atoms in total. The molecule has 14 heterocycles. The maximum absolute atomic E-state index is 4.62. The van der Waals surface area contributed by atoms with Gasteiger partial charge in [0.15, 0.2) is 0 Å². The summed E-state index contributed by atoms with van der Waals surface area (Å²) in [5, 5.41) is 1.35. The van der Waals surface area contributed by atoms with Crippen molar-refractivity contribution in [3.05, 3.63) is 214 Å². The molecule has 0 radical (unpaired) electrons. The fourth-order valence-corrected chi connectivity index (χ4v) is 24.7. The summed E-state index contributed by atoms with van der Waals surface area (Å²) in [5.74, 6) is 5.33. The Morgan fingerprint density at radius 3 is 0.818 bits per heavy atom. The number of hydrogen-bond donors (Lipinski definition) is 0. The molecule has 13 aromatic heterocycles. The summed E-state index contributed by atoms with van der Waals surface area (Å²) in [6.45, 7) is 81.6. The van der Waals surface area contributed by atoms with Crippen molar-refractivity contribution in [2.24, 2.45) is 8.73 Å². The van der Waals surface area contributed by atoms with Crippen molar-refractivity contribution in [2.45, 2.75) is 348 Å². The first-order chi connectivity index (χ1) is 67.3. The molecule has 752 valence electrons. The molecule has 1 aliphatic rings. The smallest absolute Gasteiger partial charge is 0.119 e. The average molecular weight is 2060 g/mol. The second kappa shape index (κ2) is 45.3. The van der Waals surface area contributed by atoms with Gasteiger partial charge in [-0.25, -0.2) is 0 Å². The van der Waals surface area contributed by atoms with Gasteiger partial charge in [0.05, 0.1) is 108 Å². The predicted molar refractivity (Wildman–Crippen MR) is 615 cm³/mol. The third kappa shape index (κ3) is 24.0. The van der Waals surface area contributed by atoms with E-state index in [4.69, 9.17) is 0 Å². The van der Waals surface area contributed by atoms with Gasteiger partial charge in [-0.15, -0.1) is 34.0 Å². The maximum atomic E-state index is 4.62. The summed E-state index contributed by atoms with van der Waals surface area (Å²) in [7, 11) is 0. The van der Waals surface area contributed by atoms with Crippen LogP contribution in [0.4, 0.5) is 11.4 Å². The van der Waals surface area contributed by atoms with E-state index in [0.717, 1.165) is 144 Å². The Morgan fingerprint density at radius 1 is 0.203 bits per heavy atom. The number of thiophene rings is 3. The van der Waals surface area contributed by atoms with E-state index in [0.29, 0.717) is 65.1 Å². The zero-order valence-corrected chi connectivity index (χ0v) is 97.2. The lowest BCUT2D eigenvalue weighted by Crippen LogP contribution is -2.15. The lowest BCUT2D eigenvalue weighted by atomic mass is 9.82. The van der Waals surface area contributed by atoms with Crippen LogP contribution in [0.25, 0.3) is 121 Å².